The molecule has 0 bridgehead atoms. The largest absolute Gasteiger partial charge is 0.416 e. The van der Waals surface area contributed by atoms with Gasteiger partial charge in [-0.1, -0.05) is 12.1 Å². The fraction of sp³-hybridized carbons (Fsp3) is 0.364. The number of ketones is 1. The van der Waals surface area contributed by atoms with Gasteiger partial charge < -0.3 is 15.2 Å². The third kappa shape index (κ3) is 7.14. The molecule has 2 aromatic heterocycles. The Balaban J connectivity index is 1.28. The van der Waals surface area contributed by atoms with E-state index in [9.17, 15) is 22.8 Å². The van der Waals surface area contributed by atoms with Gasteiger partial charge in [-0.05, 0) is 98.9 Å². The molecule has 43 heavy (non-hydrogen) atoms. The third-order valence-corrected chi connectivity index (χ3v) is 8.25. The number of aromatic nitrogens is 2. The van der Waals surface area contributed by atoms with Gasteiger partial charge >= 0.3 is 6.18 Å². The van der Waals surface area contributed by atoms with Gasteiger partial charge in [0, 0.05) is 55.4 Å². The molecule has 5 rings (SSSR count). The number of aromatic amines is 1. The summed E-state index contributed by atoms with van der Waals surface area (Å²) < 4.78 is 42.2. The number of anilines is 1. The zero-order valence-electron chi connectivity index (χ0n) is 24.8. The Kier molecular flexibility index (Phi) is 8.71. The number of hydrogen-bond donors (Lipinski definition) is 2. The van der Waals surface area contributed by atoms with Crippen molar-refractivity contribution in [3.63, 3.8) is 0 Å². The number of amides is 1. The number of alkyl halides is 3. The number of benzene rings is 2. The SMILES string of the molecule is CC(=O)c1cc2cc(CCc3cc(NC(=O)c4ccc(CN5CCC(N(C)C)C5)c(C(F)(F)F)c4)ccc3C)cnc2[nH]1. The molecule has 1 amide bonds. The van der Waals surface area contributed by atoms with Crippen LogP contribution in [0.2, 0.25) is 0 Å². The molecule has 1 atom stereocenters. The lowest BCUT2D eigenvalue weighted by Gasteiger charge is -2.22. The summed E-state index contributed by atoms with van der Waals surface area (Å²) >= 11 is 0. The molecule has 1 fully saturated rings. The summed E-state index contributed by atoms with van der Waals surface area (Å²) in [6.07, 6.45) is -0.533. The molecule has 1 unspecified atom stereocenters. The molecule has 1 aliphatic rings. The number of nitrogens with zero attached hydrogens (tertiary/aromatic N) is 3. The summed E-state index contributed by atoms with van der Waals surface area (Å²) in [5.41, 5.74) is 4.08. The van der Waals surface area contributed by atoms with Crippen LogP contribution in [0.3, 0.4) is 0 Å². The quantitative estimate of drug-likeness (QED) is 0.225. The predicted molar refractivity (Wildman–Crippen MR) is 161 cm³/mol. The van der Waals surface area contributed by atoms with Gasteiger partial charge in [-0.2, -0.15) is 13.2 Å². The Hall–Kier alpha value is -4.02. The van der Waals surface area contributed by atoms with E-state index < -0.39 is 17.6 Å². The first kappa shape index (κ1) is 30.4. The molecular formula is C33H36F3N5O2. The van der Waals surface area contributed by atoms with Crippen molar-refractivity contribution in [2.45, 2.75) is 51.9 Å². The van der Waals surface area contributed by atoms with Crippen molar-refractivity contribution in [2.75, 3.05) is 32.5 Å². The van der Waals surface area contributed by atoms with E-state index in [0.717, 1.165) is 41.1 Å². The highest BCUT2D eigenvalue weighted by Crippen LogP contribution is 2.34. The number of hydrogen-bond acceptors (Lipinski definition) is 5. The highest BCUT2D eigenvalue weighted by Gasteiger charge is 2.35. The molecule has 1 aliphatic heterocycles. The van der Waals surface area contributed by atoms with Crippen molar-refractivity contribution in [3.05, 3.63) is 93.8 Å². The molecule has 3 heterocycles. The lowest BCUT2D eigenvalue weighted by molar-refractivity contribution is -0.138. The molecule has 10 heteroatoms. The second kappa shape index (κ2) is 12.3. The summed E-state index contributed by atoms with van der Waals surface area (Å²) in [7, 11) is 3.96. The number of nitrogens with one attached hydrogen (secondary N) is 2. The minimum absolute atomic E-state index is 0.0402. The zero-order chi connectivity index (χ0) is 30.9. The van der Waals surface area contributed by atoms with E-state index in [1.54, 1.807) is 18.3 Å². The fourth-order valence-corrected chi connectivity index (χ4v) is 5.63. The number of pyridine rings is 1. The maximum absolute atomic E-state index is 14.1. The third-order valence-electron chi connectivity index (χ3n) is 8.25. The Bertz CT molecular complexity index is 1660. The molecule has 0 spiro atoms. The average Bonchev–Trinajstić information content (AvgIpc) is 3.60. The summed E-state index contributed by atoms with van der Waals surface area (Å²) in [5.74, 6) is -0.649. The van der Waals surface area contributed by atoms with Crippen LogP contribution in [0.15, 0.2) is 54.7 Å². The number of carbonyl (C=O) groups excluding carboxylic acids is 2. The van der Waals surface area contributed by atoms with Crippen LogP contribution < -0.4 is 5.32 Å². The monoisotopic (exact) mass is 591 g/mol. The summed E-state index contributed by atoms with van der Waals surface area (Å²) in [4.78, 5) is 36.3. The molecular weight excluding hydrogens is 555 g/mol. The van der Waals surface area contributed by atoms with Crippen LogP contribution in [-0.4, -0.2) is 64.7 Å². The van der Waals surface area contributed by atoms with E-state index in [1.165, 1.54) is 19.1 Å². The minimum Gasteiger partial charge on any atom is -0.337 e. The molecule has 2 N–H and O–H groups in total. The number of rotatable bonds is 9. The van der Waals surface area contributed by atoms with Gasteiger partial charge in [0.15, 0.2) is 5.78 Å². The number of Topliss-reactive ketones (excluding diaryl/α,β-unsaturated/α-hetero) is 1. The smallest absolute Gasteiger partial charge is 0.337 e. The molecule has 0 radical (unpaired) electrons. The summed E-state index contributed by atoms with van der Waals surface area (Å²) in [6.45, 7) is 5.10. The Morgan fingerprint density at radius 2 is 1.86 bits per heavy atom. The van der Waals surface area contributed by atoms with E-state index in [1.807, 2.05) is 44.1 Å². The number of halogens is 3. The molecule has 2 aromatic carbocycles. The molecule has 1 saturated heterocycles. The highest BCUT2D eigenvalue weighted by molar-refractivity contribution is 6.04. The zero-order valence-corrected chi connectivity index (χ0v) is 24.8. The van der Waals surface area contributed by atoms with Gasteiger partial charge in [0.05, 0.1) is 11.3 Å². The Morgan fingerprint density at radius 3 is 2.56 bits per heavy atom. The topological polar surface area (TPSA) is 81.3 Å². The molecule has 0 saturated carbocycles. The van der Waals surface area contributed by atoms with Crippen molar-refractivity contribution >= 4 is 28.4 Å². The van der Waals surface area contributed by atoms with Crippen LogP contribution in [0.4, 0.5) is 18.9 Å². The van der Waals surface area contributed by atoms with Crippen LogP contribution in [0.1, 0.15) is 62.0 Å². The maximum atomic E-state index is 14.1. The van der Waals surface area contributed by atoms with Gasteiger partial charge in [0.1, 0.15) is 5.65 Å². The number of carbonyl (C=O) groups is 2. The van der Waals surface area contributed by atoms with Gasteiger partial charge in [-0.3, -0.25) is 14.5 Å². The summed E-state index contributed by atoms with van der Waals surface area (Å²) in [6, 6.07) is 13.5. The first-order valence-electron chi connectivity index (χ1n) is 14.4. The van der Waals surface area contributed by atoms with Gasteiger partial charge in [0.25, 0.3) is 5.91 Å². The standard InChI is InChI=1S/C33H36F3N5O2/c1-20-5-10-27(14-23(20)7-6-22-13-26-16-30(21(2)42)39-31(26)37-17-22)38-32(43)24-8-9-25(29(15-24)33(34,35)36)18-41-12-11-28(19-41)40(3)4/h5,8-10,13-17,28H,6-7,11-12,18-19H2,1-4H3,(H,37,39)(H,38,43). The number of H-pyrrole nitrogens is 1. The first-order valence-corrected chi connectivity index (χ1v) is 14.4. The van der Waals surface area contributed by atoms with Crippen LogP contribution in [0.25, 0.3) is 11.0 Å². The van der Waals surface area contributed by atoms with E-state index >= 15 is 0 Å². The van der Waals surface area contributed by atoms with Crippen molar-refractivity contribution < 1.29 is 22.8 Å². The lowest BCUT2D eigenvalue weighted by Crippen LogP contribution is -2.31. The normalized spacial score (nSPS) is 15.9. The second-order valence-corrected chi connectivity index (χ2v) is 11.6. The average molecular weight is 592 g/mol. The van der Waals surface area contributed by atoms with E-state index in [0.29, 0.717) is 42.5 Å². The lowest BCUT2D eigenvalue weighted by atomic mass is 10.00. The van der Waals surface area contributed by atoms with Crippen molar-refractivity contribution in [1.29, 1.82) is 0 Å². The molecule has 226 valence electrons. The van der Waals surface area contributed by atoms with Crippen LogP contribution in [0, 0.1) is 6.92 Å². The van der Waals surface area contributed by atoms with Crippen molar-refractivity contribution in [1.82, 2.24) is 19.8 Å². The first-order chi connectivity index (χ1) is 20.4. The maximum Gasteiger partial charge on any atom is 0.416 e. The van der Waals surface area contributed by atoms with Crippen LogP contribution >= 0.6 is 0 Å². The minimum atomic E-state index is -4.57. The number of fused-ring (bicyclic) bond motifs is 1. The summed E-state index contributed by atoms with van der Waals surface area (Å²) in [5, 5.41) is 3.64. The van der Waals surface area contributed by atoms with Gasteiger partial charge in [-0.15, -0.1) is 0 Å². The predicted octanol–water partition coefficient (Wildman–Crippen LogP) is 6.27. The molecule has 7 nitrogen and oxygen atoms in total. The van der Waals surface area contributed by atoms with E-state index in [4.69, 9.17) is 0 Å². The Morgan fingerprint density at radius 1 is 1.07 bits per heavy atom. The van der Waals surface area contributed by atoms with E-state index in [-0.39, 0.29) is 23.5 Å². The van der Waals surface area contributed by atoms with Gasteiger partial charge in [0.2, 0.25) is 0 Å². The highest BCUT2D eigenvalue weighted by atomic mass is 19.4. The van der Waals surface area contributed by atoms with Crippen LogP contribution in [-0.2, 0) is 25.6 Å². The van der Waals surface area contributed by atoms with Crippen molar-refractivity contribution in [3.8, 4) is 0 Å². The Labute approximate surface area is 249 Å². The van der Waals surface area contributed by atoms with Crippen molar-refractivity contribution in [2.24, 2.45) is 0 Å². The van der Waals surface area contributed by atoms with E-state index in [2.05, 4.69) is 20.2 Å². The second-order valence-electron chi connectivity index (χ2n) is 11.6. The number of likely N-dealkylation sites (tertiary alicyclic amines) is 1. The van der Waals surface area contributed by atoms with Crippen LogP contribution in [0.5, 0.6) is 0 Å². The number of aryl methyl sites for hydroxylation is 3. The molecule has 0 aliphatic carbocycles. The van der Waals surface area contributed by atoms with Gasteiger partial charge in [-0.25, -0.2) is 4.98 Å². The fourth-order valence-electron chi connectivity index (χ4n) is 5.63. The number of likely N-dealkylation sites (N-methyl/N-ethyl adjacent to an activating group) is 1. The molecule has 4 aromatic rings.